The fraction of sp³-hybridized carbons (Fsp3) is 0.517. The van der Waals surface area contributed by atoms with Crippen LogP contribution in [0.1, 0.15) is 43.6 Å². The van der Waals surface area contributed by atoms with Crippen molar-refractivity contribution in [2.75, 3.05) is 56.1 Å². The molecule has 2 aliphatic rings. The molecule has 238 valence electrons. The van der Waals surface area contributed by atoms with Crippen molar-refractivity contribution in [1.82, 2.24) is 24.8 Å². The molecular weight excluding hydrogens is 666 g/mol. The van der Waals surface area contributed by atoms with E-state index in [0.29, 0.717) is 74.7 Å². The zero-order valence-electron chi connectivity index (χ0n) is 24.5. The fourth-order valence-corrected chi connectivity index (χ4v) is 6.98. The SMILES string of the molecule is CCOC(=O)CCN1CCN(c2ncnc(Nc3nc(-c4cc(Br)cc(C(F)(F)F)c4)c(CN4CCC[C@H]4C)s3)c2F)CC1. The number of esters is 1. The summed E-state index contributed by atoms with van der Waals surface area (Å²) in [6.07, 6.45) is -0.853. The predicted molar refractivity (Wildman–Crippen MR) is 165 cm³/mol. The van der Waals surface area contributed by atoms with Crippen LogP contribution in [0.5, 0.6) is 0 Å². The van der Waals surface area contributed by atoms with Gasteiger partial charge in [-0.3, -0.25) is 14.6 Å². The highest BCUT2D eigenvalue weighted by molar-refractivity contribution is 9.10. The largest absolute Gasteiger partial charge is 0.466 e. The molecule has 4 heterocycles. The lowest BCUT2D eigenvalue weighted by Gasteiger charge is -2.35. The van der Waals surface area contributed by atoms with Crippen LogP contribution in [0.3, 0.4) is 0 Å². The molecule has 5 rings (SSSR count). The molecular formula is C29H34BrF4N7O2S. The number of ether oxygens (including phenoxy) is 1. The zero-order valence-corrected chi connectivity index (χ0v) is 26.9. The molecule has 3 aromatic rings. The maximum Gasteiger partial charge on any atom is 0.416 e. The molecule has 0 aliphatic carbocycles. The minimum Gasteiger partial charge on any atom is -0.466 e. The molecule has 2 fully saturated rings. The van der Waals surface area contributed by atoms with Crippen LogP contribution in [0, 0.1) is 5.82 Å². The molecule has 1 aromatic carbocycles. The molecule has 44 heavy (non-hydrogen) atoms. The van der Waals surface area contributed by atoms with Crippen molar-refractivity contribution in [3.63, 3.8) is 0 Å². The van der Waals surface area contributed by atoms with Gasteiger partial charge >= 0.3 is 12.1 Å². The number of benzene rings is 1. The van der Waals surface area contributed by atoms with E-state index in [1.54, 1.807) is 13.0 Å². The van der Waals surface area contributed by atoms with Gasteiger partial charge in [0.05, 0.1) is 24.3 Å². The highest BCUT2D eigenvalue weighted by atomic mass is 79.9. The van der Waals surface area contributed by atoms with Gasteiger partial charge in [0.2, 0.25) is 5.82 Å². The lowest BCUT2D eigenvalue weighted by atomic mass is 10.1. The summed E-state index contributed by atoms with van der Waals surface area (Å²) in [4.78, 5) is 31.7. The van der Waals surface area contributed by atoms with Gasteiger partial charge in [0.15, 0.2) is 16.8 Å². The summed E-state index contributed by atoms with van der Waals surface area (Å²) in [6, 6.07) is 4.08. The van der Waals surface area contributed by atoms with Crippen molar-refractivity contribution < 1.29 is 27.1 Å². The third-order valence-corrected chi connectivity index (χ3v) is 9.25. The van der Waals surface area contributed by atoms with Crippen LogP contribution < -0.4 is 10.2 Å². The van der Waals surface area contributed by atoms with Crippen LogP contribution >= 0.6 is 27.3 Å². The molecule has 15 heteroatoms. The summed E-state index contributed by atoms with van der Waals surface area (Å²) in [6.45, 7) is 8.51. The van der Waals surface area contributed by atoms with Crippen molar-refractivity contribution >= 4 is 50.0 Å². The van der Waals surface area contributed by atoms with E-state index in [1.807, 2.05) is 4.90 Å². The summed E-state index contributed by atoms with van der Waals surface area (Å²) in [7, 11) is 0. The molecule has 2 aromatic heterocycles. The van der Waals surface area contributed by atoms with Gasteiger partial charge in [0.1, 0.15) is 6.33 Å². The van der Waals surface area contributed by atoms with Gasteiger partial charge in [-0.15, -0.1) is 0 Å². The Hall–Kier alpha value is -2.88. The van der Waals surface area contributed by atoms with E-state index >= 15 is 4.39 Å². The second kappa shape index (κ2) is 14.0. The topological polar surface area (TPSA) is 86.7 Å². The molecule has 0 amide bonds. The van der Waals surface area contributed by atoms with E-state index < -0.39 is 17.6 Å². The first-order valence-electron chi connectivity index (χ1n) is 14.5. The number of nitrogens with one attached hydrogen (secondary N) is 1. The monoisotopic (exact) mass is 699 g/mol. The number of aromatic nitrogens is 3. The first-order valence-corrected chi connectivity index (χ1v) is 16.1. The Kier molecular flexibility index (Phi) is 10.4. The van der Waals surface area contributed by atoms with Crippen LogP contribution in [0.25, 0.3) is 11.3 Å². The van der Waals surface area contributed by atoms with Crippen molar-refractivity contribution in [3.05, 3.63) is 45.3 Å². The Morgan fingerprint density at radius 2 is 1.93 bits per heavy atom. The zero-order chi connectivity index (χ0) is 31.4. The van der Waals surface area contributed by atoms with Gasteiger partial charge in [-0.05, 0) is 51.4 Å². The normalized spacial score (nSPS) is 18.2. The van der Waals surface area contributed by atoms with Gasteiger partial charge in [-0.2, -0.15) is 17.6 Å². The van der Waals surface area contributed by atoms with Crippen molar-refractivity contribution in [3.8, 4) is 11.3 Å². The summed E-state index contributed by atoms with van der Waals surface area (Å²) in [5, 5.41) is 3.29. The van der Waals surface area contributed by atoms with E-state index in [1.165, 1.54) is 17.7 Å². The average Bonchev–Trinajstić information content (AvgIpc) is 3.58. The lowest BCUT2D eigenvalue weighted by molar-refractivity contribution is -0.143. The second-order valence-corrected chi connectivity index (χ2v) is 12.8. The highest BCUT2D eigenvalue weighted by Crippen LogP contribution is 2.39. The molecule has 2 saturated heterocycles. The summed E-state index contributed by atoms with van der Waals surface area (Å²) < 4.78 is 62.0. The number of carbonyl (C=O) groups is 1. The third kappa shape index (κ3) is 7.85. The molecule has 0 unspecified atom stereocenters. The molecule has 0 saturated carbocycles. The number of nitrogens with zero attached hydrogens (tertiary/aromatic N) is 6. The van der Waals surface area contributed by atoms with Gasteiger partial charge in [0, 0.05) is 60.2 Å². The second-order valence-electron chi connectivity index (χ2n) is 10.8. The van der Waals surface area contributed by atoms with Crippen LogP contribution in [0.2, 0.25) is 0 Å². The maximum atomic E-state index is 15.8. The number of rotatable bonds is 10. The Bertz CT molecular complexity index is 1470. The minimum absolute atomic E-state index is 0.0636. The van der Waals surface area contributed by atoms with E-state index in [4.69, 9.17) is 4.74 Å². The number of halogens is 5. The van der Waals surface area contributed by atoms with Gasteiger partial charge in [-0.1, -0.05) is 27.3 Å². The fourth-order valence-electron chi connectivity index (χ4n) is 5.48. The van der Waals surface area contributed by atoms with Crippen LogP contribution in [-0.2, 0) is 22.3 Å². The number of hydrogen-bond acceptors (Lipinski definition) is 10. The lowest BCUT2D eigenvalue weighted by Crippen LogP contribution is -2.47. The summed E-state index contributed by atoms with van der Waals surface area (Å²) in [5.74, 6) is -0.791. The number of alkyl halides is 3. The Labute approximate surface area is 265 Å². The third-order valence-electron chi connectivity index (χ3n) is 7.84. The van der Waals surface area contributed by atoms with E-state index in [0.717, 1.165) is 36.4 Å². The number of thiazole rings is 1. The van der Waals surface area contributed by atoms with E-state index in [9.17, 15) is 18.0 Å². The standard InChI is InChI=1S/C29H34BrF4N7O2S/c1-3-43-23(42)6-8-39-9-11-40(12-10-39)27-24(31)26(35-17-36-27)38-28-37-25(22(44-28)16-41-7-4-5-18(41)2)19-13-20(29(32,33)34)15-21(30)14-19/h13-15,17-18H,3-12,16H2,1-2H3,(H,35,36,37,38)/t18-/m1/s1. The number of hydrogen-bond donors (Lipinski definition) is 1. The number of piperazine rings is 1. The van der Waals surface area contributed by atoms with Crippen LogP contribution in [-0.4, -0.2) is 82.6 Å². The van der Waals surface area contributed by atoms with Gasteiger partial charge in [0.25, 0.3) is 0 Å². The number of likely N-dealkylation sites (tertiary alicyclic amines) is 1. The number of carbonyl (C=O) groups excluding carboxylic acids is 1. The van der Waals surface area contributed by atoms with Crippen molar-refractivity contribution in [2.45, 2.75) is 51.9 Å². The van der Waals surface area contributed by atoms with E-state index in [2.05, 4.69) is 52.9 Å². The smallest absolute Gasteiger partial charge is 0.416 e. The van der Waals surface area contributed by atoms with Gasteiger partial charge in [-0.25, -0.2) is 15.0 Å². The number of anilines is 3. The Balaban J connectivity index is 1.36. The average molecular weight is 701 g/mol. The first-order chi connectivity index (χ1) is 21.0. The molecule has 0 spiro atoms. The molecule has 2 aliphatic heterocycles. The van der Waals surface area contributed by atoms with E-state index in [-0.39, 0.29) is 22.1 Å². The summed E-state index contributed by atoms with van der Waals surface area (Å²) in [5.41, 5.74) is -0.0445. The van der Waals surface area contributed by atoms with Crippen molar-refractivity contribution in [2.24, 2.45) is 0 Å². The van der Waals surface area contributed by atoms with Crippen molar-refractivity contribution in [1.29, 1.82) is 0 Å². The summed E-state index contributed by atoms with van der Waals surface area (Å²) >= 11 is 4.49. The molecule has 0 radical (unpaired) electrons. The Morgan fingerprint density at radius 1 is 1.16 bits per heavy atom. The highest BCUT2D eigenvalue weighted by Gasteiger charge is 2.32. The maximum absolute atomic E-state index is 15.8. The van der Waals surface area contributed by atoms with Crippen LogP contribution in [0.4, 0.5) is 34.3 Å². The molecule has 1 N–H and O–H groups in total. The predicted octanol–water partition coefficient (Wildman–Crippen LogP) is 6.32. The quantitative estimate of drug-likeness (QED) is 0.193. The molecule has 0 bridgehead atoms. The molecule has 9 nitrogen and oxygen atoms in total. The van der Waals surface area contributed by atoms with Crippen LogP contribution in [0.15, 0.2) is 29.0 Å². The molecule has 1 atom stereocenters. The first kappa shape index (κ1) is 32.5. The Morgan fingerprint density at radius 3 is 2.61 bits per heavy atom. The van der Waals surface area contributed by atoms with Gasteiger partial charge < -0.3 is 15.0 Å². The minimum atomic E-state index is -4.52.